The Morgan fingerprint density at radius 2 is 1.95 bits per heavy atom. The fourth-order valence-corrected chi connectivity index (χ4v) is 1.59. The minimum atomic E-state index is -0.556. The molecule has 1 atom stereocenters. The number of hydrogen-bond acceptors (Lipinski definition) is 5. The maximum atomic E-state index is 11.9. The monoisotopic (exact) mass is 330 g/mol. The van der Waals surface area contributed by atoms with Gasteiger partial charge in [0.05, 0.1) is 13.2 Å². The second-order valence-electron chi connectivity index (χ2n) is 5.10. The summed E-state index contributed by atoms with van der Waals surface area (Å²) in [5.41, 5.74) is 7.29. The molecule has 0 fully saturated rings. The van der Waals surface area contributed by atoms with Crippen LogP contribution in [-0.2, 0) is 14.3 Å². The quantitative estimate of drug-likeness (QED) is 0.777. The van der Waals surface area contributed by atoms with E-state index in [1.807, 2.05) is 20.8 Å². The van der Waals surface area contributed by atoms with Crippen LogP contribution in [0.4, 0.5) is 5.69 Å². The summed E-state index contributed by atoms with van der Waals surface area (Å²) in [6, 6.07) is 4.57. The van der Waals surface area contributed by atoms with E-state index in [9.17, 15) is 9.59 Å². The molecule has 0 bridgehead atoms. The number of esters is 1. The Bertz CT molecular complexity index is 520. The standard InChI is InChI=1S/C15H22N2O4.ClH/c1-9(2)14(16)15(19)17-12-6-5-11(7-10(12)3)21-8-13(18)20-4;/h5-7,9,14H,8,16H2,1-4H3,(H,17,19);1H/t14-;/m0./s1. The molecular formula is C15H23ClN2O4. The van der Waals surface area contributed by atoms with Crippen LogP contribution in [0.15, 0.2) is 18.2 Å². The van der Waals surface area contributed by atoms with Crippen molar-refractivity contribution in [3.05, 3.63) is 23.8 Å². The third kappa shape index (κ3) is 5.91. The summed E-state index contributed by atoms with van der Waals surface area (Å²) in [6.45, 7) is 5.46. The van der Waals surface area contributed by atoms with Crippen molar-refractivity contribution in [2.45, 2.75) is 26.8 Å². The van der Waals surface area contributed by atoms with Gasteiger partial charge in [0, 0.05) is 5.69 Å². The lowest BCUT2D eigenvalue weighted by molar-refractivity contribution is -0.142. The number of amides is 1. The predicted molar refractivity (Wildman–Crippen MR) is 87.4 cm³/mol. The van der Waals surface area contributed by atoms with Crippen molar-refractivity contribution in [1.29, 1.82) is 0 Å². The maximum absolute atomic E-state index is 11.9. The molecule has 0 saturated heterocycles. The summed E-state index contributed by atoms with van der Waals surface area (Å²) < 4.78 is 9.77. The molecule has 6 nitrogen and oxygen atoms in total. The number of nitrogens with two attached hydrogens (primary N) is 1. The number of methoxy groups -OCH3 is 1. The molecule has 1 amide bonds. The van der Waals surface area contributed by atoms with E-state index in [0.29, 0.717) is 11.4 Å². The molecule has 0 radical (unpaired) electrons. The van der Waals surface area contributed by atoms with Gasteiger partial charge in [0.2, 0.25) is 5.91 Å². The van der Waals surface area contributed by atoms with E-state index < -0.39 is 12.0 Å². The molecule has 3 N–H and O–H groups in total. The summed E-state index contributed by atoms with van der Waals surface area (Å²) >= 11 is 0. The van der Waals surface area contributed by atoms with E-state index in [0.717, 1.165) is 5.56 Å². The summed E-state index contributed by atoms with van der Waals surface area (Å²) in [4.78, 5) is 22.9. The van der Waals surface area contributed by atoms with Crippen LogP contribution in [0.2, 0.25) is 0 Å². The van der Waals surface area contributed by atoms with Gasteiger partial charge in [-0.2, -0.15) is 0 Å². The molecule has 1 aromatic rings. The van der Waals surface area contributed by atoms with Gasteiger partial charge in [-0.3, -0.25) is 4.79 Å². The predicted octanol–water partition coefficient (Wildman–Crippen LogP) is 1.89. The summed E-state index contributed by atoms with van der Waals surface area (Å²) in [5.74, 6) is -0.0821. The molecular weight excluding hydrogens is 308 g/mol. The largest absolute Gasteiger partial charge is 0.482 e. The van der Waals surface area contributed by atoms with Gasteiger partial charge in [0.15, 0.2) is 6.61 Å². The Morgan fingerprint density at radius 3 is 2.45 bits per heavy atom. The van der Waals surface area contributed by atoms with Crippen molar-refractivity contribution < 1.29 is 19.1 Å². The average molecular weight is 331 g/mol. The van der Waals surface area contributed by atoms with Crippen molar-refractivity contribution in [1.82, 2.24) is 0 Å². The van der Waals surface area contributed by atoms with Gasteiger partial charge < -0.3 is 20.5 Å². The van der Waals surface area contributed by atoms with Gasteiger partial charge in [0.25, 0.3) is 0 Å². The van der Waals surface area contributed by atoms with E-state index in [4.69, 9.17) is 10.5 Å². The third-order valence-electron chi connectivity index (χ3n) is 3.06. The Kier molecular flexibility index (Phi) is 8.52. The van der Waals surface area contributed by atoms with Gasteiger partial charge in [-0.15, -0.1) is 12.4 Å². The first-order valence-corrected chi connectivity index (χ1v) is 6.72. The van der Waals surface area contributed by atoms with Crippen LogP contribution in [0.3, 0.4) is 0 Å². The average Bonchev–Trinajstić information content (AvgIpc) is 2.46. The van der Waals surface area contributed by atoms with Gasteiger partial charge in [-0.1, -0.05) is 13.8 Å². The van der Waals surface area contributed by atoms with Crippen LogP contribution in [-0.4, -0.2) is 31.6 Å². The molecule has 0 aliphatic rings. The lowest BCUT2D eigenvalue weighted by atomic mass is 10.0. The number of ether oxygens (including phenoxy) is 2. The number of aryl methyl sites for hydroxylation is 1. The second-order valence-corrected chi connectivity index (χ2v) is 5.10. The molecule has 0 unspecified atom stereocenters. The molecule has 22 heavy (non-hydrogen) atoms. The zero-order valence-electron chi connectivity index (χ0n) is 13.2. The maximum Gasteiger partial charge on any atom is 0.343 e. The highest BCUT2D eigenvalue weighted by molar-refractivity contribution is 5.95. The Labute approximate surface area is 136 Å². The van der Waals surface area contributed by atoms with Crippen LogP contribution in [0.25, 0.3) is 0 Å². The molecule has 1 rings (SSSR count). The molecule has 124 valence electrons. The fourth-order valence-electron chi connectivity index (χ4n) is 1.59. The molecule has 0 aliphatic heterocycles. The van der Waals surface area contributed by atoms with E-state index in [1.54, 1.807) is 18.2 Å². The van der Waals surface area contributed by atoms with Gasteiger partial charge in [-0.05, 0) is 36.6 Å². The van der Waals surface area contributed by atoms with E-state index in [-0.39, 0.29) is 30.8 Å². The Balaban J connectivity index is 0.00000441. The summed E-state index contributed by atoms with van der Waals surface area (Å²) in [6.07, 6.45) is 0. The van der Waals surface area contributed by atoms with Crippen molar-refractivity contribution in [3.63, 3.8) is 0 Å². The first-order valence-electron chi connectivity index (χ1n) is 6.72. The highest BCUT2D eigenvalue weighted by Crippen LogP contribution is 2.21. The highest BCUT2D eigenvalue weighted by Gasteiger charge is 2.17. The molecule has 7 heteroatoms. The topological polar surface area (TPSA) is 90.6 Å². The SMILES string of the molecule is COC(=O)COc1ccc(NC(=O)[C@@H](N)C(C)C)c(C)c1.Cl. The number of hydrogen-bond donors (Lipinski definition) is 2. The molecule has 1 aromatic carbocycles. The van der Waals surface area contributed by atoms with Crippen molar-refractivity contribution in [2.24, 2.45) is 11.7 Å². The zero-order valence-corrected chi connectivity index (χ0v) is 14.0. The number of anilines is 1. The van der Waals surface area contributed by atoms with E-state index in [1.165, 1.54) is 7.11 Å². The molecule has 0 aliphatic carbocycles. The van der Waals surface area contributed by atoms with Crippen LogP contribution in [0.5, 0.6) is 5.75 Å². The lowest BCUT2D eigenvalue weighted by Crippen LogP contribution is -2.39. The Morgan fingerprint density at radius 1 is 1.32 bits per heavy atom. The molecule has 0 saturated carbocycles. The first-order chi connectivity index (χ1) is 9.85. The summed E-state index contributed by atoms with van der Waals surface area (Å²) in [5, 5.41) is 2.78. The number of rotatable bonds is 6. The van der Waals surface area contributed by atoms with E-state index >= 15 is 0 Å². The summed E-state index contributed by atoms with van der Waals surface area (Å²) in [7, 11) is 1.30. The molecule has 0 heterocycles. The van der Waals surface area contributed by atoms with Crippen LogP contribution in [0.1, 0.15) is 19.4 Å². The number of nitrogens with one attached hydrogen (secondary N) is 1. The van der Waals surface area contributed by atoms with E-state index in [2.05, 4.69) is 10.1 Å². The smallest absolute Gasteiger partial charge is 0.343 e. The van der Waals surface area contributed by atoms with Crippen LogP contribution in [0, 0.1) is 12.8 Å². The van der Waals surface area contributed by atoms with Crippen molar-refractivity contribution in [2.75, 3.05) is 19.0 Å². The van der Waals surface area contributed by atoms with Crippen molar-refractivity contribution in [3.8, 4) is 5.75 Å². The lowest BCUT2D eigenvalue weighted by Gasteiger charge is -2.17. The normalized spacial score (nSPS) is 11.4. The zero-order chi connectivity index (χ0) is 16.0. The van der Waals surface area contributed by atoms with Crippen molar-refractivity contribution >= 4 is 30.0 Å². The minimum Gasteiger partial charge on any atom is -0.482 e. The molecule has 0 spiro atoms. The number of carbonyl (C=O) groups is 2. The minimum absolute atomic E-state index is 0. The van der Waals surface area contributed by atoms with Gasteiger partial charge in [0.1, 0.15) is 5.75 Å². The first kappa shape index (κ1) is 20.2. The highest BCUT2D eigenvalue weighted by atomic mass is 35.5. The molecule has 0 aromatic heterocycles. The second kappa shape index (κ2) is 9.27. The number of carbonyl (C=O) groups excluding carboxylic acids is 2. The van der Waals surface area contributed by atoms with Gasteiger partial charge in [-0.25, -0.2) is 4.79 Å². The number of halogens is 1. The third-order valence-corrected chi connectivity index (χ3v) is 3.06. The van der Waals surface area contributed by atoms with Crippen LogP contribution >= 0.6 is 12.4 Å². The number of benzene rings is 1. The van der Waals surface area contributed by atoms with Crippen LogP contribution < -0.4 is 15.8 Å². The van der Waals surface area contributed by atoms with Gasteiger partial charge >= 0.3 is 5.97 Å². The Hall–Kier alpha value is -1.79. The fraction of sp³-hybridized carbons (Fsp3) is 0.467.